The van der Waals surface area contributed by atoms with Crippen molar-refractivity contribution in [3.8, 4) is 5.75 Å². The van der Waals surface area contributed by atoms with E-state index >= 15 is 0 Å². The summed E-state index contributed by atoms with van der Waals surface area (Å²) in [6.45, 7) is 5.88. The third-order valence-electron chi connectivity index (χ3n) is 2.65. The molecular weight excluding hydrogens is 216 g/mol. The van der Waals surface area contributed by atoms with Gasteiger partial charge in [0, 0.05) is 0 Å². The third-order valence-corrected chi connectivity index (χ3v) is 2.65. The van der Waals surface area contributed by atoms with Crippen LogP contribution in [0.1, 0.15) is 32.3 Å². The lowest BCUT2D eigenvalue weighted by atomic mass is 10.0. The van der Waals surface area contributed by atoms with Crippen molar-refractivity contribution in [3.05, 3.63) is 29.8 Å². The Bertz CT molecular complexity index is 383. The average Bonchev–Trinajstić information content (AvgIpc) is 2.27. The van der Waals surface area contributed by atoms with Gasteiger partial charge >= 0.3 is 0 Å². The number of carbonyl (C=O) groups excluding carboxylic acids is 1. The molecule has 1 aromatic carbocycles. The maximum Gasteiger partial charge on any atom is 0.240 e. The van der Waals surface area contributed by atoms with Gasteiger partial charge < -0.3 is 16.2 Å². The normalized spacial score (nSPS) is 14.4. The van der Waals surface area contributed by atoms with Crippen molar-refractivity contribution in [2.45, 2.75) is 32.2 Å². The fourth-order valence-corrected chi connectivity index (χ4v) is 1.25. The molecule has 1 rings (SSSR count). The molecule has 1 atom stereocenters. The van der Waals surface area contributed by atoms with Gasteiger partial charge in [0.05, 0.1) is 0 Å². The number of carbonyl (C=O) groups is 1. The van der Waals surface area contributed by atoms with Crippen LogP contribution in [0.5, 0.6) is 5.75 Å². The van der Waals surface area contributed by atoms with Crippen LogP contribution in [0.3, 0.4) is 0 Å². The van der Waals surface area contributed by atoms with Gasteiger partial charge in [-0.05, 0) is 30.5 Å². The molecule has 1 amide bonds. The Kier molecular flexibility index (Phi) is 4.12. The Morgan fingerprint density at radius 1 is 1.35 bits per heavy atom. The van der Waals surface area contributed by atoms with Crippen LogP contribution in [-0.4, -0.2) is 18.1 Å². The van der Waals surface area contributed by atoms with Gasteiger partial charge in [-0.15, -0.1) is 0 Å². The molecule has 0 aliphatic heterocycles. The highest BCUT2D eigenvalue weighted by molar-refractivity contribution is 5.84. The summed E-state index contributed by atoms with van der Waals surface area (Å²) in [5.74, 6) is 0.595. The molecule has 17 heavy (non-hydrogen) atoms. The van der Waals surface area contributed by atoms with Crippen molar-refractivity contribution in [2.75, 3.05) is 6.61 Å². The van der Waals surface area contributed by atoms with Crippen LogP contribution >= 0.6 is 0 Å². The van der Waals surface area contributed by atoms with Gasteiger partial charge in [-0.25, -0.2) is 0 Å². The molecule has 0 heterocycles. The van der Waals surface area contributed by atoms with E-state index in [1.165, 1.54) is 5.56 Å². The first kappa shape index (κ1) is 13.5. The molecule has 4 nitrogen and oxygen atoms in total. The van der Waals surface area contributed by atoms with E-state index in [9.17, 15) is 4.79 Å². The first-order valence-electron chi connectivity index (χ1n) is 5.64. The Labute approximate surface area is 102 Å². The highest BCUT2D eigenvalue weighted by atomic mass is 16.5. The van der Waals surface area contributed by atoms with Crippen molar-refractivity contribution in [1.82, 2.24) is 0 Å². The molecule has 1 aromatic rings. The quantitative estimate of drug-likeness (QED) is 0.811. The largest absolute Gasteiger partial charge is 0.491 e. The zero-order valence-corrected chi connectivity index (χ0v) is 10.6. The lowest BCUT2D eigenvalue weighted by Crippen LogP contribution is -2.53. The molecule has 0 aliphatic rings. The van der Waals surface area contributed by atoms with E-state index in [0.717, 1.165) is 0 Å². The van der Waals surface area contributed by atoms with Crippen LogP contribution in [0.15, 0.2) is 24.3 Å². The van der Waals surface area contributed by atoms with Crippen LogP contribution in [0.4, 0.5) is 0 Å². The van der Waals surface area contributed by atoms with E-state index in [0.29, 0.717) is 11.7 Å². The predicted octanol–water partition coefficient (Wildman–Crippen LogP) is 1.39. The number of hydrogen-bond acceptors (Lipinski definition) is 3. The SMILES string of the molecule is CC(C)c1ccc(OCC(C)(N)C(N)=O)cc1. The fourth-order valence-electron chi connectivity index (χ4n) is 1.25. The second kappa shape index (κ2) is 5.19. The second-order valence-electron chi connectivity index (χ2n) is 4.79. The zero-order chi connectivity index (χ0) is 13.1. The van der Waals surface area contributed by atoms with Crippen molar-refractivity contribution >= 4 is 5.91 Å². The Morgan fingerprint density at radius 3 is 2.29 bits per heavy atom. The summed E-state index contributed by atoms with van der Waals surface area (Å²) in [6.07, 6.45) is 0. The van der Waals surface area contributed by atoms with Gasteiger partial charge in [-0.1, -0.05) is 26.0 Å². The zero-order valence-electron chi connectivity index (χ0n) is 10.6. The number of amides is 1. The summed E-state index contributed by atoms with van der Waals surface area (Å²) in [5.41, 5.74) is 10.9. The minimum atomic E-state index is -1.14. The Hall–Kier alpha value is -1.55. The summed E-state index contributed by atoms with van der Waals surface area (Å²) < 4.78 is 5.44. The lowest BCUT2D eigenvalue weighted by molar-refractivity contribution is -0.123. The van der Waals surface area contributed by atoms with Gasteiger partial charge in [0.2, 0.25) is 5.91 Å². The van der Waals surface area contributed by atoms with Crippen molar-refractivity contribution < 1.29 is 9.53 Å². The van der Waals surface area contributed by atoms with Crippen LogP contribution in [0, 0.1) is 0 Å². The van der Waals surface area contributed by atoms with Gasteiger partial charge in [0.15, 0.2) is 0 Å². The standard InChI is InChI=1S/C13H20N2O2/c1-9(2)10-4-6-11(7-5-10)17-8-13(3,15)12(14)16/h4-7,9H,8,15H2,1-3H3,(H2,14,16). The maximum absolute atomic E-state index is 11.0. The number of benzene rings is 1. The number of rotatable bonds is 5. The molecule has 4 heteroatoms. The van der Waals surface area contributed by atoms with E-state index in [1.807, 2.05) is 24.3 Å². The number of nitrogens with two attached hydrogens (primary N) is 2. The smallest absolute Gasteiger partial charge is 0.240 e. The summed E-state index contributed by atoms with van der Waals surface area (Å²) in [7, 11) is 0. The maximum atomic E-state index is 11.0. The van der Waals surface area contributed by atoms with Crippen molar-refractivity contribution in [3.63, 3.8) is 0 Å². The minimum Gasteiger partial charge on any atom is -0.491 e. The topological polar surface area (TPSA) is 78.3 Å². The highest BCUT2D eigenvalue weighted by Crippen LogP contribution is 2.19. The van der Waals surface area contributed by atoms with Crippen molar-refractivity contribution in [2.24, 2.45) is 11.5 Å². The average molecular weight is 236 g/mol. The molecule has 0 radical (unpaired) electrons. The van der Waals surface area contributed by atoms with E-state index in [1.54, 1.807) is 6.92 Å². The summed E-state index contributed by atoms with van der Waals surface area (Å²) in [5, 5.41) is 0. The highest BCUT2D eigenvalue weighted by Gasteiger charge is 2.26. The monoisotopic (exact) mass is 236 g/mol. The third kappa shape index (κ3) is 3.75. The molecule has 0 saturated heterocycles. The first-order valence-corrected chi connectivity index (χ1v) is 5.64. The van der Waals surface area contributed by atoms with Crippen LogP contribution in [-0.2, 0) is 4.79 Å². The van der Waals surface area contributed by atoms with E-state index < -0.39 is 11.4 Å². The number of ether oxygens (including phenoxy) is 1. The van der Waals surface area contributed by atoms with Gasteiger partial charge in [0.1, 0.15) is 17.9 Å². The molecule has 0 saturated carbocycles. The predicted molar refractivity (Wildman–Crippen MR) is 67.8 cm³/mol. The Balaban J connectivity index is 2.62. The first-order chi connectivity index (χ1) is 7.83. The summed E-state index contributed by atoms with van der Waals surface area (Å²) >= 11 is 0. The number of primary amides is 1. The van der Waals surface area contributed by atoms with E-state index in [2.05, 4.69) is 13.8 Å². The Morgan fingerprint density at radius 2 is 1.88 bits per heavy atom. The van der Waals surface area contributed by atoms with Gasteiger partial charge in [0.25, 0.3) is 0 Å². The molecule has 4 N–H and O–H groups in total. The van der Waals surface area contributed by atoms with E-state index in [-0.39, 0.29) is 6.61 Å². The minimum absolute atomic E-state index is 0.0728. The van der Waals surface area contributed by atoms with Crippen molar-refractivity contribution in [1.29, 1.82) is 0 Å². The van der Waals surface area contributed by atoms with Crippen LogP contribution < -0.4 is 16.2 Å². The fraction of sp³-hybridized carbons (Fsp3) is 0.462. The molecule has 1 unspecified atom stereocenters. The van der Waals surface area contributed by atoms with Crippen LogP contribution in [0.2, 0.25) is 0 Å². The molecule has 0 fully saturated rings. The van der Waals surface area contributed by atoms with E-state index in [4.69, 9.17) is 16.2 Å². The van der Waals surface area contributed by atoms with Gasteiger partial charge in [-0.3, -0.25) is 4.79 Å². The second-order valence-corrected chi connectivity index (χ2v) is 4.79. The molecule has 0 bridgehead atoms. The molecule has 0 spiro atoms. The molecule has 0 aliphatic carbocycles. The van der Waals surface area contributed by atoms with Gasteiger partial charge in [-0.2, -0.15) is 0 Å². The summed E-state index contributed by atoms with van der Waals surface area (Å²) in [4.78, 5) is 11.0. The van der Waals surface area contributed by atoms with Crippen LogP contribution in [0.25, 0.3) is 0 Å². The molecule has 0 aromatic heterocycles. The summed E-state index contributed by atoms with van der Waals surface area (Å²) in [6, 6.07) is 7.73. The number of hydrogen-bond donors (Lipinski definition) is 2. The lowest BCUT2D eigenvalue weighted by Gasteiger charge is -2.20. The molecular formula is C13H20N2O2. The molecule has 94 valence electrons.